The maximum absolute atomic E-state index is 12.6. The third kappa shape index (κ3) is 3.76. The normalized spacial score (nSPS) is 16.1. The van der Waals surface area contributed by atoms with E-state index >= 15 is 0 Å². The van der Waals surface area contributed by atoms with Crippen LogP contribution in [0.15, 0.2) is 12.1 Å². The second kappa shape index (κ2) is 7.20. The standard InChI is InChI=1S/C21H24N2O4S/c1-11-8-18(22-20(25)14-4-5-14)28-19(11)21(26)27-10-17(24)16-9-12(2)23(13(16)3)15-6-7-15/h8-9,14-15H,4-7,10H2,1-3H3,(H,22,25). The van der Waals surface area contributed by atoms with Gasteiger partial charge in [-0.15, -0.1) is 11.3 Å². The summed E-state index contributed by atoms with van der Waals surface area (Å²) in [5.74, 6) is -0.615. The van der Waals surface area contributed by atoms with Gasteiger partial charge in [-0.25, -0.2) is 4.79 Å². The minimum Gasteiger partial charge on any atom is -0.453 e. The van der Waals surface area contributed by atoms with Gasteiger partial charge in [0.05, 0.1) is 5.00 Å². The highest BCUT2D eigenvalue weighted by Gasteiger charge is 2.31. The molecular formula is C21H24N2O4S. The molecular weight excluding hydrogens is 376 g/mol. The van der Waals surface area contributed by atoms with Crippen LogP contribution in [0.25, 0.3) is 0 Å². The van der Waals surface area contributed by atoms with Gasteiger partial charge >= 0.3 is 5.97 Å². The van der Waals surface area contributed by atoms with Gasteiger partial charge in [0.25, 0.3) is 0 Å². The van der Waals surface area contributed by atoms with Crippen LogP contribution in [0.3, 0.4) is 0 Å². The summed E-state index contributed by atoms with van der Waals surface area (Å²) in [6, 6.07) is 4.15. The minimum absolute atomic E-state index is 0.00219. The number of ketones is 1. The van der Waals surface area contributed by atoms with Gasteiger partial charge in [0.15, 0.2) is 6.61 Å². The molecule has 4 rings (SSSR count). The zero-order valence-electron chi connectivity index (χ0n) is 16.3. The molecule has 7 heteroatoms. The Morgan fingerprint density at radius 1 is 1.14 bits per heavy atom. The number of hydrogen-bond acceptors (Lipinski definition) is 5. The van der Waals surface area contributed by atoms with E-state index in [0.29, 0.717) is 21.5 Å². The van der Waals surface area contributed by atoms with Crippen LogP contribution in [0, 0.1) is 26.7 Å². The van der Waals surface area contributed by atoms with Gasteiger partial charge in [0, 0.05) is 28.9 Å². The number of carbonyl (C=O) groups excluding carboxylic acids is 3. The molecule has 0 saturated heterocycles. The van der Waals surface area contributed by atoms with Gasteiger partial charge in [-0.05, 0) is 64.2 Å². The molecule has 0 spiro atoms. The Balaban J connectivity index is 1.39. The molecule has 0 aliphatic heterocycles. The molecule has 0 atom stereocenters. The summed E-state index contributed by atoms with van der Waals surface area (Å²) in [4.78, 5) is 37.3. The molecule has 148 valence electrons. The average Bonchev–Trinajstić information content (AvgIpc) is 3.56. The second-order valence-electron chi connectivity index (χ2n) is 7.77. The van der Waals surface area contributed by atoms with Crippen molar-refractivity contribution in [2.75, 3.05) is 11.9 Å². The lowest BCUT2D eigenvalue weighted by Crippen LogP contribution is -2.15. The number of hydrogen-bond donors (Lipinski definition) is 1. The number of amides is 1. The van der Waals surface area contributed by atoms with Crippen LogP contribution in [0.4, 0.5) is 5.00 Å². The van der Waals surface area contributed by atoms with Gasteiger partial charge in [-0.3, -0.25) is 9.59 Å². The van der Waals surface area contributed by atoms with Crippen LogP contribution in [-0.2, 0) is 9.53 Å². The van der Waals surface area contributed by atoms with Gasteiger partial charge in [-0.1, -0.05) is 0 Å². The molecule has 2 heterocycles. The molecule has 0 aromatic carbocycles. The number of aromatic nitrogens is 1. The van der Waals surface area contributed by atoms with Crippen molar-refractivity contribution in [2.45, 2.75) is 52.5 Å². The zero-order valence-corrected chi connectivity index (χ0v) is 17.1. The van der Waals surface area contributed by atoms with Crippen molar-refractivity contribution in [1.82, 2.24) is 4.57 Å². The van der Waals surface area contributed by atoms with Crippen LogP contribution >= 0.6 is 11.3 Å². The Labute approximate surface area is 167 Å². The summed E-state index contributed by atoms with van der Waals surface area (Å²) in [7, 11) is 0. The van der Waals surface area contributed by atoms with Crippen LogP contribution in [0.5, 0.6) is 0 Å². The lowest BCUT2D eigenvalue weighted by atomic mass is 10.1. The van der Waals surface area contributed by atoms with E-state index in [2.05, 4.69) is 9.88 Å². The third-order valence-corrected chi connectivity index (χ3v) is 6.46. The molecule has 2 aliphatic rings. The Bertz CT molecular complexity index is 963. The first kappa shape index (κ1) is 18.9. The molecule has 1 N–H and O–H groups in total. The van der Waals surface area contributed by atoms with Crippen molar-refractivity contribution in [1.29, 1.82) is 0 Å². The summed E-state index contributed by atoms with van der Waals surface area (Å²) >= 11 is 1.19. The van der Waals surface area contributed by atoms with Crippen LogP contribution in [-0.4, -0.2) is 28.8 Å². The molecule has 2 fully saturated rings. The van der Waals surface area contributed by atoms with Crippen molar-refractivity contribution < 1.29 is 19.1 Å². The number of ether oxygens (including phenoxy) is 1. The average molecular weight is 401 g/mol. The fraction of sp³-hybridized carbons (Fsp3) is 0.476. The summed E-state index contributed by atoms with van der Waals surface area (Å²) in [5.41, 5.74) is 3.37. The van der Waals surface area contributed by atoms with E-state index in [1.165, 1.54) is 11.3 Å². The third-order valence-electron chi connectivity index (χ3n) is 5.33. The highest BCUT2D eigenvalue weighted by Crippen LogP contribution is 2.38. The summed E-state index contributed by atoms with van der Waals surface area (Å²) in [5, 5.41) is 3.49. The van der Waals surface area contributed by atoms with Gasteiger partial charge in [0.1, 0.15) is 4.88 Å². The largest absolute Gasteiger partial charge is 0.453 e. The van der Waals surface area contributed by atoms with E-state index in [0.717, 1.165) is 42.6 Å². The van der Waals surface area contributed by atoms with E-state index in [1.807, 2.05) is 19.9 Å². The Morgan fingerprint density at radius 3 is 2.50 bits per heavy atom. The fourth-order valence-corrected chi connectivity index (χ4v) is 4.51. The number of rotatable bonds is 7. The molecule has 28 heavy (non-hydrogen) atoms. The number of anilines is 1. The summed E-state index contributed by atoms with van der Waals surface area (Å²) in [6.07, 6.45) is 4.15. The first-order chi connectivity index (χ1) is 13.3. The van der Waals surface area contributed by atoms with E-state index in [9.17, 15) is 14.4 Å². The van der Waals surface area contributed by atoms with E-state index in [1.54, 1.807) is 13.0 Å². The molecule has 2 aromatic heterocycles. The first-order valence-electron chi connectivity index (χ1n) is 9.65. The maximum Gasteiger partial charge on any atom is 0.349 e. The van der Waals surface area contributed by atoms with Crippen LogP contribution < -0.4 is 5.32 Å². The predicted octanol–water partition coefficient (Wildman–Crippen LogP) is 4.20. The van der Waals surface area contributed by atoms with Crippen LogP contribution in [0.2, 0.25) is 0 Å². The smallest absolute Gasteiger partial charge is 0.349 e. The molecule has 0 bridgehead atoms. The van der Waals surface area contributed by atoms with Gasteiger partial charge < -0.3 is 14.6 Å². The highest BCUT2D eigenvalue weighted by atomic mass is 32.1. The number of esters is 1. The topological polar surface area (TPSA) is 77.4 Å². The lowest BCUT2D eigenvalue weighted by molar-refractivity contribution is -0.117. The number of carbonyl (C=O) groups is 3. The van der Waals surface area contributed by atoms with Gasteiger partial charge in [0.2, 0.25) is 11.7 Å². The Morgan fingerprint density at radius 2 is 1.86 bits per heavy atom. The quantitative estimate of drug-likeness (QED) is 0.558. The lowest BCUT2D eigenvalue weighted by Gasteiger charge is -2.08. The Hall–Kier alpha value is -2.41. The second-order valence-corrected chi connectivity index (χ2v) is 8.82. The Kier molecular flexibility index (Phi) is 4.87. The zero-order chi connectivity index (χ0) is 20.0. The minimum atomic E-state index is -0.529. The maximum atomic E-state index is 12.6. The van der Waals surface area contributed by atoms with Gasteiger partial charge in [-0.2, -0.15) is 0 Å². The number of nitrogens with one attached hydrogen (secondary N) is 1. The number of thiophene rings is 1. The molecule has 6 nitrogen and oxygen atoms in total. The molecule has 2 saturated carbocycles. The van der Waals surface area contributed by atoms with E-state index in [-0.39, 0.29) is 24.2 Å². The molecule has 2 aromatic rings. The van der Waals surface area contributed by atoms with Crippen molar-refractivity contribution in [3.05, 3.63) is 39.5 Å². The predicted molar refractivity (Wildman–Crippen MR) is 107 cm³/mol. The summed E-state index contributed by atoms with van der Waals surface area (Å²) in [6.45, 7) is 5.46. The molecule has 0 unspecified atom stereocenters. The molecule has 2 aliphatic carbocycles. The fourth-order valence-electron chi connectivity index (χ4n) is 3.54. The number of nitrogens with zero attached hydrogens (tertiary/aromatic N) is 1. The monoisotopic (exact) mass is 400 g/mol. The highest BCUT2D eigenvalue weighted by molar-refractivity contribution is 7.18. The number of aryl methyl sites for hydroxylation is 2. The van der Waals surface area contributed by atoms with Crippen molar-refractivity contribution in [3.8, 4) is 0 Å². The molecule has 1 amide bonds. The van der Waals surface area contributed by atoms with Crippen LogP contribution in [0.1, 0.15) is 68.7 Å². The van der Waals surface area contributed by atoms with Crippen molar-refractivity contribution >= 4 is 34.0 Å². The molecule has 0 radical (unpaired) electrons. The number of Topliss-reactive ketones (excluding diaryl/α,β-unsaturated/α-hetero) is 1. The van der Waals surface area contributed by atoms with E-state index < -0.39 is 5.97 Å². The summed E-state index contributed by atoms with van der Waals surface area (Å²) < 4.78 is 7.49. The SMILES string of the molecule is Cc1cc(NC(=O)C2CC2)sc1C(=O)OCC(=O)c1cc(C)n(C2CC2)c1C. The van der Waals surface area contributed by atoms with Crippen molar-refractivity contribution in [3.63, 3.8) is 0 Å². The van der Waals surface area contributed by atoms with Crippen molar-refractivity contribution in [2.24, 2.45) is 5.92 Å². The first-order valence-corrected chi connectivity index (χ1v) is 10.5. The van der Waals surface area contributed by atoms with E-state index in [4.69, 9.17) is 4.74 Å².